The molecule has 0 aliphatic rings. The lowest BCUT2D eigenvalue weighted by atomic mass is 10.2. The molecule has 8 heteroatoms. The number of Topliss-reactive ketones (excluding diaryl/α,β-unsaturated/α-hetero) is 1. The fourth-order valence-corrected chi connectivity index (χ4v) is 2.88. The summed E-state index contributed by atoms with van der Waals surface area (Å²) in [5, 5.41) is 3.03. The van der Waals surface area contributed by atoms with Gasteiger partial charge in [-0.3, -0.25) is 9.59 Å². The maximum Gasteiger partial charge on any atom is 0.349 e. The van der Waals surface area contributed by atoms with Gasteiger partial charge in [0, 0.05) is 5.02 Å². The number of amides is 1. The standard InChI is InChI=1S/C17H16ClNO5S/c1-9(20)14-6-7-15(25-14)17(22)24-10(2)16(21)19-12-8-11(18)4-5-13(12)23-3/h4-8,10H,1-3H3,(H,19,21). The van der Waals surface area contributed by atoms with Crippen LogP contribution in [0.2, 0.25) is 5.02 Å². The highest BCUT2D eigenvalue weighted by Gasteiger charge is 2.21. The molecule has 6 nitrogen and oxygen atoms in total. The van der Waals surface area contributed by atoms with Crippen LogP contribution in [0.5, 0.6) is 5.75 Å². The first-order valence-corrected chi connectivity index (χ1v) is 8.47. The molecule has 1 N–H and O–H groups in total. The van der Waals surface area contributed by atoms with Crippen molar-refractivity contribution < 1.29 is 23.9 Å². The molecule has 0 aliphatic carbocycles. The van der Waals surface area contributed by atoms with Gasteiger partial charge in [0.15, 0.2) is 11.9 Å². The van der Waals surface area contributed by atoms with Gasteiger partial charge < -0.3 is 14.8 Å². The van der Waals surface area contributed by atoms with E-state index in [1.807, 2.05) is 0 Å². The smallest absolute Gasteiger partial charge is 0.349 e. The summed E-state index contributed by atoms with van der Waals surface area (Å²) in [5.74, 6) is -0.904. The zero-order chi connectivity index (χ0) is 18.6. The number of methoxy groups -OCH3 is 1. The van der Waals surface area contributed by atoms with Gasteiger partial charge in [-0.05, 0) is 44.2 Å². The number of carbonyl (C=O) groups excluding carboxylic acids is 3. The van der Waals surface area contributed by atoms with E-state index in [1.54, 1.807) is 18.2 Å². The zero-order valence-corrected chi connectivity index (χ0v) is 15.4. The first-order valence-electron chi connectivity index (χ1n) is 7.28. The van der Waals surface area contributed by atoms with Gasteiger partial charge in [0.05, 0.1) is 17.7 Å². The van der Waals surface area contributed by atoms with E-state index in [0.29, 0.717) is 21.3 Å². The molecule has 1 unspecified atom stereocenters. The van der Waals surface area contributed by atoms with Crippen LogP contribution in [0.4, 0.5) is 5.69 Å². The van der Waals surface area contributed by atoms with E-state index < -0.39 is 18.0 Å². The van der Waals surface area contributed by atoms with Crippen LogP contribution in [0, 0.1) is 0 Å². The first-order chi connectivity index (χ1) is 11.8. The van der Waals surface area contributed by atoms with Crippen LogP contribution < -0.4 is 10.1 Å². The summed E-state index contributed by atoms with van der Waals surface area (Å²) < 4.78 is 10.3. The number of nitrogens with one attached hydrogen (secondary N) is 1. The Morgan fingerprint density at radius 3 is 2.44 bits per heavy atom. The van der Waals surface area contributed by atoms with E-state index in [0.717, 1.165) is 11.3 Å². The van der Waals surface area contributed by atoms with Crippen molar-refractivity contribution in [2.24, 2.45) is 0 Å². The largest absolute Gasteiger partial charge is 0.495 e. The van der Waals surface area contributed by atoms with Crippen molar-refractivity contribution >= 4 is 46.3 Å². The van der Waals surface area contributed by atoms with Crippen molar-refractivity contribution in [3.8, 4) is 5.75 Å². The monoisotopic (exact) mass is 381 g/mol. The van der Waals surface area contributed by atoms with Crippen molar-refractivity contribution in [2.45, 2.75) is 20.0 Å². The summed E-state index contributed by atoms with van der Waals surface area (Å²) in [5.41, 5.74) is 0.373. The fourth-order valence-electron chi connectivity index (χ4n) is 1.92. The average Bonchev–Trinajstić information content (AvgIpc) is 3.05. The molecule has 1 aromatic heterocycles. The van der Waals surface area contributed by atoms with Gasteiger partial charge in [-0.1, -0.05) is 11.6 Å². The lowest BCUT2D eigenvalue weighted by molar-refractivity contribution is -0.123. The van der Waals surface area contributed by atoms with Crippen LogP contribution in [-0.2, 0) is 9.53 Å². The van der Waals surface area contributed by atoms with Crippen LogP contribution in [0.15, 0.2) is 30.3 Å². The highest BCUT2D eigenvalue weighted by atomic mass is 35.5. The molecule has 2 aromatic rings. The van der Waals surface area contributed by atoms with Crippen molar-refractivity contribution in [2.75, 3.05) is 12.4 Å². The summed E-state index contributed by atoms with van der Waals surface area (Å²) in [4.78, 5) is 36.3. The molecule has 132 valence electrons. The molecule has 0 bridgehead atoms. The number of ether oxygens (including phenoxy) is 2. The van der Waals surface area contributed by atoms with Gasteiger partial charge in [0.2, 0.25) is 0 Å². The summed E-state index contributed by atoms with van der Waals surface area (Å²) in [6.45, 7) is 2.86. The summed E-state index contributed by atoms with van der Waals surface area (Å²) in [6.07, 6.45) is -1.04. The van der Waals surface area contributed by atoms with Gasteiger partial charge in [-0.25, -0.2) is 4.79 Å². The minimum atomic E-state index is -1.04. The number of hydrogen-bond acceptors (Lipinski definition) is 6. The third-order valence-electron chi connectivity index (χ3n) is 3.23. The molecule has 0 saturated heterocycles. The number of carbonyl (C=O) groups is 3. The van der Waals surface area contributed by atoms with Crippen molar-refractivity contribution in [3.05, 3.63) is 45.1 Å². The van der Waals surface area contributed by atoms with E-state index in [4.69, 9.17) is 21.1 Å². The fraction of sp³-hybridized carbons (Fsp3) is 0.235. The number of esters is 1. The third-order valence-corrected chi connectivity index (χ3v) is 4.63. The molecule has 0 aliphatic heterocycles. The number of thiophene rings is 1. The summed E-state index contributed by atoms with van der Waals surface area (Å²) in [6, 6.07) is 7.82. The average molecular weight is 382 g/mol. The van der Waals surface area contributed by atoms with Crippen molar-refractivity contribution in [1.29, 1.82) is 0 Å². The predicted octanol–water partition coefficient (Wildman–Crippen LogP) is 3.80. The molecule has 2 rings (SSSR count). The Labute approximate surface area is 153 Å². The van der Waals surface area contributed by atoms with Crippen molar-refractivity contribution in [3.63, 3.8) is 0 Å². The van der Waals surface area contributed by atoms with Crippen LogP contribution in [-0.4, -0.2) is 30.9 Å². The Hall–Kier alpha value is -2.38. The molecule has 1 heterocycles. The van der Waals surface area contributed by atoms with Crippen LogP contribution in [0.25, 0.3) is 0 Å². The summed E-state index contributed by atoms with van der Waals surface area (Å²) >= 11 is 6.93. The number of ketones is 1. The number of halogens is 1. The second kappa shape index (κ2) is 8.13. The highest BCUT2D eigenvalue weighted by Crippen LogP contribution is 2.28. The maximum absolute atomic E-state index is 12.2. The van der Waals surface area contributed by atoms with Crippen LogP contribution in [0.3, 0.4) is 0 Å². The Kier molecular flexibility index (Phi) is 6.17. The van der Waals surface area contributed by atoms with E-state index in [9.17, 15) is 14.4 Å². The minimum absolute atomic E-state index is 0.136. The van der Waals surface area contributed by atoms with Crippen molar-refractivity contribution in [1.82, 2.24) is 0 Å². The predicted molar refractivity (Wildman–Crippen MR) is 95.8 cm³/mol. The molecule has 0 saturated carbocycles. The van der Waals surface area contributed by atoms with Gasteiger partial charge >= 0.3 is 5.97 Å². The molecule has 0 fully saturated rings. The highest BCUT2D eigenvalue weighted by molar-refractivity contribution is 7.15. The Morgan fingerprint density at radius 2 is 1.84 bits per heavy atom. The molecule has 1 atom stereocenters. The van der Waals surface area contributed by atoms with Gasteiger partial charge in [-0.15, -0.1) is 11.3 Å². The molecule has 1 aromatic carbocycles. The molecule has 0 radical (unpaired) electrons. The number of anilines is 1. The lowest BCUT2D eigenvalue weighted by Gasteiger charge is -2.15. The minimum Gasteiger partial charge on any atom is -0.495 e. The first kappa shape index (κ1) is 19.0. The van der Waals surface area contributed by atoms with Gasteiger partial charge in [0.1, 0.15) is 10.6 Å². The molecular formula is C17H16ClNO5S. The molecule has 1 amide bonds. The van der Waals surface area contributed by atoms with Crippen LogP contribution in [0.1, 0.15) is 33.2 Å². The van der Waals surface area contributed by atoms with Crippen LogP contribution >= 0.6 is 22.9 Å². The van der Waals surface area contributed by atoms with Gasteiger partial charge in [0.25, 0.3) is 5.91 Å². The van der Waals surface area contributed by atoms with E-state index >= 15 is 0 Å². The zero-order valence-electron chi connectivity index (χ0n) is 13.8. The number of hydrogen-bond donors (Lipinski definition) is 1. The Morgan fingerprint density at radius 1 is 1.16 bits per heavy atom. The second-order valence-electron chi connectivity index (χ2n) is 5.10. The quantitative estimate of drug-likeness (QED) is 0.608. The van der Waals surface area contributed by atoms with Gasteiger partial charge in [-0.2, -0.15) is 0 Å². The maximum atomic E-state index is 12.2. The normalized spacial score (nSPS) is 11.5. The van der Waals surface area contributed by atoms with E-state index in [2.05, 4.69) is 5.32 Å². The molecule has 25 heavy (non-hydrogen) atoms. The SMILES string of the molecule is COc1ccc(Cl)cc1NC(=O)C(C)OC(=O)c1ccc(C(C)=O)s1. The lowest BCUT2D eigenvalue weighted by Crippen LogP contribution is -2.29. The molecular weight excluding hydrogens is 366 g/mol. The second-order valence-corrected chi connectivity index (χ2v) is 6.62. The van der Waals surface area contributed by atoms with E-state index in [1.165, 1.54) is 33.1 Å². The van der Waals surface area contributed by atoms with E-state index in [-0.39, 0.29) is 10.7 Å². The topological polar surface area (TPSA) is 81.7 Å². The number of rotatable bonds is 6. The Balaban J connectivity index is 2.03. The summed E-state index contributed by atoms with van der Waals surface area (Å²) in [7, 11) is 1.46. The number of benzene rings is 1. The third kappa shape index (κ3) is 4.80. The Bertz CT molecular complexity index is 817. The molecule has 0 spiro atoms.